The van der Waals surface area contributed by atoms with Gasteiger partial charge in [-0.15, -0.1) is 5.10 Å². The van der Waals surface area contributed by atoms with Gasteiger partial charge in [0.05, 0.1) is 11.8 Å². The second-order valence-electron chi connectivity index (χ2n) is 6.45. The second kappa shape index (κ2) is 8.32. The van der Waals surface area contributed by atoms with Crippen LogP contribution in [0, 0.1) is 12.7 Å². The van der Waals surface area contributed by atoms with Crippen LogP contribution in [0.25, 0.3) is 5.82 Å². The van der Waals surface area contributed by atoms with Gasteiger partial charge in [-0.05, 0) is 36.8 Å². The second-order valence-corrected chi connectivity index (χ2v) is 7.51. The maximum atomic E-state index is 14.5. The van der Waals surface area contributed by atoms with E-state index in [1.165, 1.54) is 23.0 Å². The van der Waals surface area contributed by atoms with Gasteiger partial charge >= 0.3 is 0 Å². The minimum atomic E-state index is -0.723. The molecule has 2 amide bonds. The molecule has 0 saturated heterocycles. The molecular weight excluding hydrogens is 421 g/mol. The summed E-state index contributed by atoms with van der Waals surface area (Å²) in [6, 6.07) is 9.35. The van der Waals surface area contributed by atoms with Gasteiger partial charge in [-0.2, -0.15) is 0 Å². The number of anilines is 3. The predicted octanol–water partition coefficient (Wildman–Crippen LogP) is 3.26. The van der Waals surface area contributed by atoms with E-state index in [1.54, 1.807) is 43.6 Å². The Morgan fingerprint density at radius 1 is 1.13 bits per heavy atom. The van der Waals surface area contributed by atoms with E-state index >= 15 is 0 Å². The molecule has 0 aliphatic heterocycles. The summed E-state index contributed by atoms with van der Waals surface area (Å²) in [4.78, 5) is 33.3. The molecule has 0 unspecified atom stereocenters. The first-order chi connectivity index (χ1) is 14.9. The molecule has 0 fully saturated rings. The molecule has 4 aromatic rings. The number of nitrogens with zero attached hydrogens (tertiary/aromatic N) is 4. The summed E-state index contributed by atoms with van der Waals surface area (Å²) >= 11 is 1.02. The quantitative estimate of drug-likeness (QED) is 0.440. The Morgan fingerprint density at radius 2 is 1.97 bits per heavy atom. The standard InChI is InChI=1S/C20H16FN7O2S/c1-11-8-13(21)12(9-14(11)25-19(30)15-10-24-20(22)31-15)18(29)26-16-5-7-28(27-16)17-4-2-3-6-23-17/h2-10H,1H3,(H2,22,24)(H,25,30)(H,26,27,29). The summed E-state index contributed by atoms with van der Waals surface area (Å²) in [6.45, 7) is 1.62. The number of nitrogens with one attached hydrogen (secondary N) is 2. The monoisotopic (exact) mass is 437 g/mol. The summed E-state index contributed by atoms with van der Waals surface area (Å²) < 4.78 is 16.0. The molecule has 11 heteroatoms. The topological polar surface area (TPSA) is 128 Å². The normalized spacial score (nSPS) is 10.6. The summed E-state index contributed by atoms with van der Waals surface area (Å²) in [6.07, 6.45) is 4.59. The average Bonchev–Trinajstić information content (AvgIpc) is 3.39. The van der Waals surface area contributed by atoms with Crippen molar-refractivity contribution < 1.29 is 14.0 Å². The number of benzene rings is 1. The third kappa shape index (κ3) is 4.41. The van der Waals surface area contributed by atoms with E-state index < -0.39 is 17.6 Å². The minimum Gasteiger partial charge on any atom is -0.375 e. The Bertz CT molecular complexity index is 1270. The molecule has 0 radical (unpaired) electrons. The van der Waals surface area contributed by atoms with E-state index in [9.17, 15) is 14.0 Å². The molecule has 0 saturated carbocycles. The summed E-state index contributed by atoms with van der Waals surface area (Å²) in [5.41, 5.74) is 6.06. The first-order valence-electron chi connectivity index (χ1n) is 9.02. The number of aromatic nitrogens is 4. The van der Waals surface area contributed by atoms with Crippen molar-refractivity contribution in [1.29, 1.82) is 0 Å². The zero-order chi connectivity index (χ0) is 22.0. The maximum Gasteiger partial charge on any atom is 0.267 e. The third-order valence-electron chi connectivity index (χ3n) is 4.27. The van der Waals surface area contributed by atoms with Gasteiger partial charge in [0.15, 0.2) is 16.8 Å². The third-order valence-corrected chi connectivity index (χ3v) is 5.09. The lowest BCUT2D eigenvalue weighted by Crippen LogP contribution is -2.17. The van der Waals surface area contributed by atoms with E-state index in [4.69, 9.17) is 5.73 Å². The van der Waals surface area contributed by atoms with E-state index in [0.717, 1.165) is 11.3 Å². The highest BCUT2D eigenvalue weighted by Gasteiger charge is 2.18. The van der Waals surface area contributed by atoms with Gasteiger partial charge in [-0.1, -0.05) is 17.4 Å². The van der Waals surface area contributed by atoms with Gasteiger partial charge in [-0.3, -0.25) is 9.59 Å². The fourth-order valence-corrected chi connectivity index (χ4v) is 3.33. The molecule has 9 nitrogen and oxygen atoms in total. The molecule has 0 spiro atoms. The zero-order valence-corrected chi connectivity index (χ0v) is 17.0. The Hall–Kier alpha value is -4.12. The van der Waals surface area contributed by atoms with E-state index in [2.05, 4.69) is 25.7 Å². The molecule has 0 atom stereocenters. The SMILES string of the molecule is Cc1cc(F)c(C(=O)Nc2ccn(-c3ccccn3)n2)cc1NC(=O)c1cnc(N)s1. The molecule has 3 aromatic heterocycles. The molecule has 4 N–H and O–H groups in total. The minimum absolute atomic E-state index is 0.223. The van der Waals surface area contributed by atoms with Crippen molar-refractivity contribution in [2.24, 2.45) is 0 Å². The van der Waals surface area contributed by atoms with Gasteiger partial charge in [0.25, 0.3) is 11.8 Å². The molecule has 0 bridgehead atoms. The van der Waals surface area contributed by atoms with Gasteiger partial charge in [0.1, 0.15) is 10.7 Å². The molecule has 156 valence electrons. The van der Waals surface area contributed by atoms with Crippen LogP contribution in [0.2, 0.25) is 0 Å². The summed E-state index contributed by atoms with van der Waals surface area (Å²) in [5.74, 6) is -1.09. The van der Waals surface area contributed by atoms with Crippen LogP contribution < -0.4 is 16.4 Å². The number of thiazole rings is 1. The van der Waals surface area contributed by atoms with Crippen LogP contribution in [0.15, 0.2) is 55.0 Å². The number of pyridine rings is 1. The number of rotatable bonds is 5. The van der Waals surface area contributed by atoms with Crippen molar-refractivity contribution in [3.05, 3.63) is 76.8 Å². The van der Waals surface area contributed by atoms with Crippen molar-refractivity contribution >= 4 is 39.8 Å². The zero-order valence-electron chi connectivity index (χ0n) is 16.2. The maximum absolute atomic E-state index is 14.5. The van der Waals surface area contributed by atoms with Crippen molar-refractivity contribution in [2.45, 2.75) is 6.92 Å². The number of hydrogen-bond acceptors (Lipinski definition) is 7. The van der Waals surface area contributed by atoms with Crippen LogP contribution in [0.5, 0.6) is 0 Å². The highest BCUT2D eigenvalue weighted by molar-refractivity contribution is 7.17. The number of aryl methyl sites for hydroxylation is 1. The molecular formula is C20H16FN7O2S. The van der Waals surface area contributed by atoms with Crippen LogP contribution in [0.1, 0.15) is 25.6 Å². The van der Waals surface area contributed by atoms with Gasteiger partial charge in [-0.25, -0.2) is 19.0 Å². The number of hydrogen-bond donors (Lipinski definition) is 3. The van der Waals surface area contributed by atoms with Crippen LogP contribution in [-0.2, 0) is 0 Å². The number of nitrogens with two attached hydrogens (primary N) is 1. The van der Waals surface area contributed by atoms with Crippen LogP contribution >= 0.6 is 11.3 Å². The molecule has 3 heterocycles. The van der Waals surface area contributed by atoms with Gasteiger partial charge in [0, 0.05) is 24.1 Å². The van der Waals surface area contributed by atoms with Crippen molar-refractivity contribution in [1.82, 2.24) is 19.7 Å². The van der Waals surface area contributed by atoms with E-state index in [1.807, 2.05) is 0 Å². The molecule has 0 aliphatic rings. The van der Waals surface area contributed by atoms with Crippen LogP contribution in [-0.4, -0.2) is 31.6 Å². The lowest BCUT2D eigenvalue weighted by molar-refractivity contribution is 0.101. The summed E-state index contributed by atoms with van der Waals surface area (Å²) in [7, 11) is 0. The molecule has 0 aliphatic carbocycles. The fourth-order valence-electron chi connectivity index (χ4n) is 2.75. The van der Waals surface area contributed by atoms with Gasteiger partial charge < -0.3 is 16.4 Å². The van der Waals surface area contributed by atoms with Crippen LogP contribution in [0.3, 0.4) is 0 Å². The molecule has 31 heavy (non-hydrogen) atoms. The fraction of sp³-hybridized carbons (Fsp3) is 0.0500. The molecule has 1 aromatic carbocycles. The lowest BCUT2D eigenvalue weighted by atomic mass is 10.1. The van der Waals surface area contributed by atoms with Crippen molar-refractivity contribution in [3.8, 4) is 5.82 Å². The highest BCUT2D eigenvalue weighted by atomic mass is 32.1. The molecule has 4 rings (SSSR count). The first-order valence-corrected chi connectivity index (χ1v) is 9.83. The Labute approximate surface area is 179 Å². The number of nitrogen functional groups attached to an aromatic ring is 1. The van der Waals surface area contributed by atoms with Crippen molar-refractivity contribution in [3.63, 3.8) is 0 Å². The van der Waals surface area contributed by atoms with Crippen LogP contribution in [0.4, 0.5) is 21.0 Å². The number of carbonyl (C=O) groups excluding carboxylic acids is 2. The largest absolute Gasteiger partial charge is 0.375 e. The van der Waals surface area contributed by atoms with Crippen molar-refractivity contribution in [2.75, 3.05) is 16.4 Å². The van der Waals surface area contributed by atoms with E-state index in [0.29, 0.717) is 21.9 Å². The number of halogens is 1. The highest BCUT2D eigenvalue weighted by Crippen LogP contribution is 2.23. The Balaban J connectivity index is 1.53. The summed E-state index contributed by atoms with van der Waals surface area (Å²) in [5, 5.41) is 9.68. The first kappa shape index (κ1) is 20.2. The smallest absolute Gasteiger partial charge is 0.267 e. The lowest BCUT2D eigenvalue weighted by Gasteiger charge is -2.11. The average molecular weight is 437 g/mol. The number of amides is 2. The predicted molar refractivity (Wildman–Crippen MR) is 115 cm³/mol. The van der Waals surface area contributed by atoms with E-state index in [-0.39, 0.29) is 16.5 Å². The van der Waals surface area contributed by atoms with Gasteiger partial charge in [0.2, 0.25) is 0 Å². The Morgan fingerprint density at radius 3 is 2.68 bits per heavy atom. The number of carbonyl (C=O) groups is 2. The Kier molecular flexibility index (Phi) is 5.41.